The lowest BCUT2D eigenvalue weighted by molar-refractivity contribution is 0.316. The Morgan fingerprint density at radius 2 is 2.21 bits per heavy atom. The molecule has 0 bridgehead atoms. The van der Waals surface area contributed by atoms with Crippen molar-refractivity contribution in [3.8, 4) is 0 Å². The first-order valence-corrected chi connectivity index (χ1v) is 6.87. The number of nitrogens with one attached hydrogen (secondary N) is 1. The van der Waals surface area contributed by atoms with Crippen molar-refractivity contribution >= 4 is 5.69 Å². The number of hydrogen-bond donors (Lipinski definition) is 1. The molecule has 3 nitrogen and oxygen atoms in total. The SMILES string of the molecule is CN(Cc1ccoc1)Cc1cccc2c1CCCN2. The van der Waals surface area contributed by atoms with Crippen molar-refractivity contribution < 1.29 is 4.42 Å². The van der Waals surface area contributed by atoms with Crippen molar-refractivity contribution in [2.45, 2.75) is 25.9 Å². The number of benzene rings is 1. The zero-order valence-corrected chi connectivity index (χ0v) is 11.4. The van der Waals surface area contributed by atoms with Gasteiger partial charge in [0.05, 0.1) is 12.5 Å². The maximum Gasteiger partial charge on any atom is 0.0947 e. The third kappa shape index (κ3) is 2.82. The molecule has 0 spiro atoms. The Kier molecular flexibility index (Phi) is 3.56. The Morgan fingerprint density at radius 1 is 1.26 bits per heavy atom. The highest BCUT2D eigenvalue weighted by Gasteiger charge is 2.13. The van der Waals surface area contributed by atoms with E-state index in [9.17, 15) is 0 Å². The second kappa shape index (κ2) is 5.49. The normalized spacial score (nSPS) is 14.2. The van der Waals surface area contributed by atoms with Gasteiger partial charge in [0.15, 0.2) is 0 Å². The first-order chi connectivity index (χ1) is 9.33. The molecule has 3 heteroatoms. The minimum absolute atomic E-state index is 0.924. The first-order valence-electron chi connectivity index (χ1n) is 6.87. The van der Waals surface area contributed by atoms with Gasteiger partial charge < -0.3 is 9.73 Å². The molecule has 0 fully saturated rings. The van der Waals surface area contributed by atoms with E-state index in [1.807, 2.05) is 12.3 Å². The summed E-state index contributed by atoms with van der Waals surface area (Å²) < 4.78 is 5.12. The zero-order chi connectivity index (χ0) is 13.1. The van der Waals surface area contributed by atoms with Gasteiger partial charge in [0, 0.05) is 30.9 Å². The molecule has 0 unspecified atom stereocenters. The standard InChI is InChI=1S/C16H20N2O/c1-18(10-13-7-9-19-12-13)11-14-4-2-6-16-15(14)5-3-8-17-16/h2,4,6-7,9,12,17H,3,5,8,10-11H2,1H3. The van der Waals surface area contributed by atoms with Crippen molar-refractivity contribution in [2.75, 3.05) is 18.9 Å². The smallest absolute Gasteiger partial charge is 0.0947 e. The molecule has 1 aromatic carbocycles. The quantitative estimate of drug-likeness (QED) is 0.910. The van der Waals surface area contributed by atoms with Crippen molar-refractivity contribution in [1.82, 2.24) is 4.90 Å². The lowest BCUT2D eigenvalue weighted by Crippen LogP contribution is -2.20. The van der Waals surface area contributed by atoms with Crippen LogP contribution in [0.2, 0.25) is 0 Å². The van der Waals surface area contributed by atoms with Gasteiger partial charge in [0.2, 0.25) is 0 Å². The van der Waals surface area contributed by atoms with Gasteiger partial charge in [-0.15, -0.1) is 0 Å². The molecule has 0 atom stereocenters. The fraction of sp³-hybridized carbons (Fsp3) is 0.375. The number of anilines is 1. The highest BCUT2D eigenvalue weighted by atomic mass is 16.3. The van der Waals surface area contributed by atoms with Gasteiger partial charge in [0.25, 0.3) is 0 Å². The van der Waals surface area contributed by atoms with Crippen LogP contribution in [0.4, 0.5) is 5.69 Å². The number of nitrogens with zero attached hydrogens (tertiary/aromatic N) is 1. The summed E-state index contributed by atoms with van der Waals surface area (Å²) in [6.07, 6.45) is 5.98. The lowest BCUT2D eigenvalue weighted by atomic mass is 9.97. The Morgan fingerprint density at radius 3 is 3.05 bits per heavy atom. The second-order valence-electron chi connectivity index (χ2n) is 5.28. The average molecular weight is 256 g/mol. The molecule has 2 aromatic rings. The maximum absolute atomic E-state index is 5.12. The summed E-state index contributed by atoms with van der Waals surface area (Å²) in [7, 11) is 2.16. The van der Waals surface area contributed by atoms with Gasteiger partial charge in [-0.25, -0.2) is 0 Å². The van der Waals surface area contributed by atoms with Crippen LogP contribution in [0, 0.1) is 0 Å². The van der Waals surface area contributed by atoms with Gasteiger partial charge in [-0.05, 0) is 43.1 Å². The lowest BCUT2D eigenvalue weighted by Gasteiger charge is -2.23. The second-order valence-corrected chi connectivity index (χ2v) is 5.28. The number of furan rings is 1. The molecule has 100 valence electrons. The highest BCUT2D eigenvalue weighted by molar-refractivity contribution is 5.56. The van der Waals surface area contributed by atoms with E-state index in [1.54, 1.807) is 6.26 Å². The van der Waals surface area contributed by atoms with Gasteiger partial charge in [0.1, 0.15) is 0 Å². The van der Waals surface area contributed by atoms with E-state index in [4.69, 9.17) is 4.42 Å². The zero-order valence-electron chi connectivity index (χ0n) is 11.4. The molecule has 0 amide bonds. The molecule has 0 radical (unpaired) electrons. The molecular weight excluding hydrogens is 236 g/mol. The molecule has 1 N–H and O–H groups in total. The fourth-order valence-electron chi connectivity index (χ4n) is 2.77. The van der Waals surface area contributed by atoms with Gasteiger partial charge in [-0.3, -0.25) is 4.90 Å². The fourth-order valence-corrected chi connectivity index (χ4v) is 2.77. The summed E-state index contributed by atoms with van der Waals surface area (Å²) >= 11 is 0. The van der Waals surface area contributed by atoms with E-state index in [0.717, 1.165) is 19.6 Å². The van der Waals surface area contributed by atoms with E-state index in [0.29, 0.717) is 0 Å². The summed E-state index contributed by atoms with van der Waals surface area (Å²) in [6.45, 7) is 3.00. The summed E-state index contributed by atoms with van der Waals surface area (Å²) in [4.78, 5) is 2.33. The van der Waals surface area contributed by atoms with Crippen molar-refractivity contribution in [1.29, 1.82) is 0 Å². The first kappa shape index (κ1) is 12.3. The van der Waals surface area contributed by atoms with Crippen LogP contribution in [0.1, 0.15) is 23.1 Å². The van der Waals surface area contributed by atoms with E-state index in [1.165, 1.54) is 35.2 Å². The van der Waals surface area contributed by atoms with E-state index >= 15 is 0 Å². The summed E-state index contributed by atoms with van der Waals surface area (Å²) in [5, 5.41) is 3.49. The van der Waals surface area contributed by atoms with E-state index in [-0.39, 0.29) is 0 Å². The third-order valence-corrected chi connectivity index (χ3v) is 3.66. The van der Waals surface area contributed by atoms with Crippen molar-refractivity contribution in [3.63, 3.8) is 0 Å². The Labute approximate surface area is 114 Å². The number of rotatable bonds is 4. The molecule has 0 saturated heterocycles. The van der Waals surface area contributed by atoms with Crippen LogP contribution in [0.5, 0.6) is 0 Å². The molecular formula is C16H20N2O. The minimum Gasteiger partial charge on any atom is -0.472 e. The van der Waals surface area contributed by atoms with Crippen LogP contribution < -0.4 is 5.32 Å². The molecule has 19 heavy (non-hydrogen) atoms. The monoisotopic (exact) mass is 256 g/mol. The van der Waals surface area contributed by atoms with Crippen LogP contribution >= 0.6 is 0 Å². The molecule has 2 heterocycles. The molecule has 3 rings (SSSR count). The van der Waals surface area contributed by atoms with E-state index in [2.05, 4.69) is 35.5 Å². The maximum atomic E-state index is 5.12. The van der Waals surface area contributed by atoms with Gasteiger partial charge in [-0.1, -0.05) is 12.1 Å². The number of fused-ring (bicyclic) bond motifs is 1. The molecule has 1 aromatic heterocycles. The predicted molar refractivity (Wildman–Crippen MR) is 77.1 cm³/mol. The van der Waals surface area contributed by atoms with Gasteiger partial charge in [-0.2, -0.15) is 0 Å². The van der Waals surface area contributed by atoms with Crippen LogP contribution in [-0.4, -0.2) is 18.5 Å². The van der Waals surface area contributed by atoms with Crippen molar-refractivity contribution in [2.24, 2.45) is 0 Å². The molecule has 1 aliphatic rings. The van der Waals surface area contributed by atoms with E-state index < -0.39 is 0 Å². The topological polar surface area (TPSA) is 28.4 Å². The van der Waals surface area contributed by atoms with Crippen LogP contribution in [0.3, 0.4) is 0 Å². The largest absolute Gasteiger partial charge is 0.472 e. The van der Waals surface area contributed by atoms with Gasteiger partial charge >= 0.3 is 0 Å². The number of hydrogen-bond acceptors (Lipinski definition) is 3. The summed E-state index contributed by atoms with van der Waals surface area (Å²) in [5.74, 6) is 0. The minimum atomic E-state index is 0.924. The van der Waals surface area contributed by atoms with Crippen LogP contribution in [0.15, 0.2) is 41.2 Å². The van der Waals surface area contributed by atoms with Crippen molar-refractivity contribution in [3.05, 3.63) is 53.5 Å². The summed E-state index contributed by atoms with van der Waals surface area (Å²) in [6, 6.07) is 8.61. The highest BCUT2D eigenvalue weighted by Crippen LogP contribution is 2.26. The predicted octanol–water partition coefficient (Wildman–Crippen LogP) is 3.27. The Hall–Kier alpha value is -1.74. The molecule has 0 aliphatic carbocycles. The Bertz CT molecular complexity index is 534. The average Bonchev–Trinajstić information content (AvgIpc) is 2.92. The Balaban J connectivity index is 1.72. The molecule has 1 aliphatic heterocycles. The van der Waals surface area contributed by atoms with Crippen LogP contribution in [0.25, 0.3) is 0 Å². The summed E-state index contributed by atoms with van der Waals surface area (Å²) in [5.41, 5.74) is 5.48. The molecule has 0 saturated carbocycles. The van der Waals surface area contributed by atoms with Crippen LogP contribution in [-0.2, 0) is 19.5 Å². The third-order valence-electron chi connectivity index (χ3n) is 3.66.